The van der Waals surface area contributed by atoms with Crippen molar-refractivity contribution >= 4 is 33.4 Å². The summed E-state index contributed by atoms with van der Waals surface area (Å²) in [5.74, 6) is 0.534. The Morgan fingerprint density at radius 3 is 2.35 bits per heavy atom. The maximum Gasteiger partial charge on any atom is 0.261 e. The van der Waals surface area contributed by atoms with Gasteiger partial charge in [-0.15, -0.1) is 11.8 Å². The molecule has 3 aromatic carbocycles. The minimum atomic E-state index is -3.86. The van der Waals surface area contributed by atoms with Gasteiger partial charge < -0.3 is 9.64 Å². The Balaban J connectivity index is 1.47. The number of benzene rings is 3. The lowest BCUT2D eigenvalue weighted by atomic mass is 10.1. The van der Waals surface area contributed by atoms with Crippen molar-refractivity contribution < 1.29 is 17.9 Å². The van der Waals surface area contributed by atoms with Crippen LogP contribution in [0, 0.1) is 0 Å². The molecule has 0 saturated carbocycles. The van der Waals surface area contributed by atoms with Crippen LogP contribution in [0.1, 0.15) is 35.2 Å². The van der Waals surface area contributed by atoms with Crippen molar-refractivity contribution in [3.63, 3.8) is 0 Å². The molecular weight excluding hydrogens is 468 g/mol. The fourth-order valence-electron chi connectivity index (χ4n) is 3.86. The van der Waals surface area contributed by atoms with E-state index in [1.54, 1.807) is 36.4 Å². The number of sulfonamides is 1. The first kappa shape index (κ1) is 24.2. The molecule has 0 spiro atoms. The highest BCUT2D eigenvalue weighted by Crippen LogP contribution is 2.27. The number of carbonyl (C=O) groups excluding carboxylic acids is 1. The van der Waals surface area contributed by atoms with E-state index in [0.717, 1.165) is 29.7 Å². The van der Waals surface area contributed by atoms with Gasteiger partial charge in [0, 0.05) is 23.7 Å². The average molecular weight is 497 g/mol. The third kappa shape index (κ3) is 5.93. The Kier molecular flexibility index (Phi) is 7.80. The summed E-state index contributed by atoms with van der Waals surface area (Å²) in [4.78, 5) is 15.8. The van der Waals surface area contributed by atoms with E-state index in [4.69, 9.17) is 4.74 Å². The van der Waals surface area contributed by atoms with Crippen LogP contribution in [-0.4, -0.2) is 38.6 Å². The lowest BCUT2D eigenvalue weighted by molar-refractivity contribution is 0.0720. The Bertz CT molecular complexity index is 1220. The normalized spacial score (nSPS) is 14.0. The Hall–Kier alpha value is -2.97. The van der Waals surface area contributed by atoms with Gasteiger partial charge in [0.2, 0.25) is 0 Å². The van der Waals surface area contributed by atoms with Gasteiger partial charge in [-0.2, -0.15) is 0 Å². The summed E-state index contributed by atoms with van der Waals surface area (Å²) in [5, 5.41) is 0. The summed E-state index contributed by atoms with van der Waals surface area (Å²) in [5.41, 5.74) is 1.91. The van der Waals surface area contributed by atoms with E-state index in [-0.39, 0.29) is 10.8 Å². The van der Waals surface area contributed by atoms with Gasteiger partial charge in [-0.05, 0) is 73.5 Å². The van der Waals surface area contributed by atoms with Gasteiger partial charge in [0.1, 0.15) is 12.4 Å². The molecule has 8 heteroatoms. The molecule has 1 saturated heterocycles. The summed E-state index contributed by atoms with van der Waals surface area (Å²) < 4.78 is 34.5. The minimum absolute atomic E-state index is 0.0649. The van der Waals surface area contributed by atoms with Gasteiger partial charge in [-0.25, -0.2) is 8.42 Å². The molecule has 4 rings (SSSR count). The molecule has 3 aromatic rings. The second kappa shape index (κ2) is 11.0. The third-order valence-electron chi connectivity index (χ3n) is 5.71. The molecule has 1 aliphatic heterocycles. The Morgan fingerprint density at radius 2 is 1.68 bits per heavy atom. The number of nitrogens with one attached hydrogen (secondary N) is 1. The van der Waals surface area contributed by atoms with Crippen LogP contribution in [-0.2, 0) is 16.6 Å². The molecule has 178 valence electrons. The number of hydrogen-bond acceptors (Lipinski definition) is 5. The van der Waals surface area contributed by atoms with Crippen LogP contribution in [0.5, 0.6) is 5.75 Å². The van der Waals surface area contributed by atoms with Crippen LogP contribution >= 0.6 is 11.8 Å². The molecule has 1 N–H and O–H groups in total. The van der Waals surface area contributed by atoms with Crippen LogP contribution in [0.4, 0.5) is 5.69 Å². The molecule has 1 amide bonds. The molecule has 1 heterocycles. The van der Waals surface area contributed by atoms with Gasteiger partial charge in [-0.1, -0.05) is 30.3 Å². The number of piperidine rings is 1. The molecule has 34 heavy (non-hydrogen) atoms. The monoisotopic (exact) mass is 496 g/mol. The zero-order chi connectivity index (χ0) is 24.0. The maximum atomic E-state index is 13.1. The summed E-state index contributed by atoms with van der Waals surface area (Å²) in [6.07, 6.45) is 4.96. The lowest BCUT2D eigenvalue weighted by Gasteiger charge is -2.27. The number of likely N-dealkylation sites (tertiary alicyclic amines) is 1. The second-order valence-electron chi connectivity index (χ2n) is 8.12. The van der Waals surface area contributed by atoms with Crippen molar-refractivity contribution in [1.82, 2.24) is 4.90 Å². The van der Waals surface area contributed by atoms with Crippen LogP contribution < -0.4 is 9.46 Å². The van der Waals surface area contributed by atoms with Gasteiger partial charge in [0.25, 0.3) is 15.9 Å². The highest BCUT2D eigenvalue weighted by molar-refractivity contribution is 7.98. The van der Waals surface area contributed by atoms with E-state index in [0.29, 0.717) is 36.7 Å². The molecule has 0 aliphatic carbocycles. The standard InChI is InChI=1S/C26H28N2O4S2/c1-33-25-15-14-23(18-24(25)26(29)28-16-6-3-7-17-28)34(30,31)27-21-10-12-22(13-11-21)32-19-20-8-4-2-5-9-20/h2,4-5,8-15,18,27H,3,6-7,16-17,19H2,1H3. The molecule has 0 unspecified atom stereocenters. The van der Waals surface area contributed by atoms with Gasteiger partial charge in [0.05, 0.1) is 10.5 Å². The molecule has 1 fully saturated rings. The summed E-state index contributed by atoms with van der Waals surface area (Å²) in [6.45, 7) is 1.85. The van der Waals surface area contributed by atoms with E-state index in [1.165, 1.54) is 17.8 Å². The van der Waals surface area contributed by atoms with E-state index in [9.17, 15) is 13.2 Å². The van der Waals surface area contributed by atoms with Crippen LogP contribution in [0.15, 0.2) is 82.6 Å². The number of nitrogens with zero attached hydrogens (tertiary/aromatic N) is 1. The van der Waals surface area contributed by atoms with Crippen molar-refractivity contribution in [1.29, 1.82) is 0 Å². The van der Waals surface area contributed by atoms with E-state index in [2.05, 4.69) is 4.72 Å². The number of hydrogen-bond donors (Lipinski definition) is 1. The largest absolute Gasteiger partial charge is 0.489 e. The van der Waals surface area contributed by atoms with Crippen LogP contribution in [0.2, 0.25) is 0 Å². The summed E-state index contributed by atoms with van der Waals surface area (Å²) in [6, 6.07) is 21.3. The molecule has 1 aliphatic rings. The SMILES string of the molecule is CSc1ccc(S(=O)(=O)Nc2ccc(OCc3ccccc3)cc2)cc1C(=O)N1CCCCC1. The number of rotatable bonds is 8. The van der Waals surface area contributed by atoms with Gasteiger partial charge in [-0.3, -0.25) is 9.52 Å². The quantitative estimate of drug-likeness (QED) is 0.422. The topological polar surface area (TPSA) is 75.7 Å². The first-order chi connectivity index (χ1) is 16.5. The molecular formula is C26H28N2O4S2. The first-order valence-electron chi connectivity index (χ1n) is 11.2. The number of thioether (sulfide) groups is 1. The van der Waals surface area contributed by atoms with Crippen molar-refractivity contribution in [2.75, 3.05) is 24.1 Å². The third-order valence-corrected chi connectivity index (χ3v) is 7.88. The van der Waals surface area contributed by atoms with Crippen molar-refractivity contribution in [3.05, 3.63) is 83.9 Å². The summed E-state index contributed by atoms with van der Waals surface area (Å²) in [7, 11) is -3.86. The number of amides is 1. The Labute approximate surface area is 205 Å². The van der Waals surface area contributed by atoms with Crippen LogP contribution in [0.3, 0.4) is 0 Å². The average Bonchev–Trinajstić information content (AvgIpc) is 2.88. The zero-order valence-corrected chi connectivity index (χ0v) is 20.7. The molecule has 0 aromatic heterocycles. The van der Waals surface area contributed by atoms with Crippen LogP contribution in [0.25, 0.3) is 0 Å². The molecule has 0 radical (unpaired) electrons. The molecule has 0 atom stereocenters. The first-order valence-corrected chi connectivity index (χ1v) is 13.9. The lowest BCUT2D eigenvalue weighted by Crippen LogP contribution is -2.36. The fourth-order valence-corrected chi connectivity index (χ4v) is 5.52. The highest BCUT2D eigenvalue weighted by Gasteiger charge is 2.24. The number of ether oxygens (including phenoxy) is 1. The van der Waals surface area contributed by atoms with Gasteiger partial charge in [0.15, 0.2) is 0 Å². The highest BCUT2D eigenvalue weighted by atomic mass is 32.2. The molecule has 6 nitrogen and oxygen atoms in total. The van der Waals surface area contributed by atoms with E-state index in [1.807, 2.05) is 41.5 Å². The summed E-state index contributed by atoms with van der Waals surface area (Å²) >= 11 is 1.44. The van der Waals surface area contributed by atoms with Crippen molar-refractivity contribution in [2.45, 2.75) is 35.7 Å². The zero-order valence-electron chi connectivity index (χ0n) is 19.1. The van der Waals surface area contributed by atoms with Crippen molar-refractivity contribution in [2.24, 2.45) is 0 Å². The second-order valence-corrected chi connectivity index (χ2v) is 10.6. The predicted molar refractivity (Wildman–Crippen MR) is 136 cm³/mol. The smallest absolute Gasteiger partial charge is 0.261 e. The van der Waals surface area contributed by atoms with E-state index < -0.39 is 10.0 Å². The number of anilines is 1. The number of carbonyl (C=O) groups is 1. The Morgan fingerprint density at radius 1 is 0.971 bits per heavy atom. The van der Waals surface area contributed by atoms with Gasteiger partial charge >= 0.3 is 0 Å². The maximum absolute atomic E-state index is 13.1. The van der Waals surface area contributed by atoms with Crippen molar-refractivity contribution in [3.8, 4) is 5.75 Å². The fraction of sp³-hybridized carbons (Fsp3) is 0.269. The van der Waals surface area contributed by atoms with E-state index >= 15 is 0 Å². The molecule has 0 bridgehead atoms. The minimum Gasteiger partial charge on any atom is -0.489 e. The predicted octanol–water partition coefficient (Wildman–Crippen LogP) is 5.41.